The van der Waals surface area contributed by atoms with Crippen molar-refractivity contribution in [3.8, 4) is 0 Å². The van der Waals surface area contributed by atoms with E-state index in [0.29, 0.717) is 0 Å². The molecule has 0 saturated heterocycles. The van der Waals surface area contributed by atoms with E-state index in [1.165, 1.54) is 6.42 Å². The molecule has 1 N–H and O–H groups in total. The highest BCUT2D eigenvalue weighted by atomic mass is 16.3. The van der Waals surface area contributed by atoms with Crippen LogP contribution >= 0.6 is 0 Å². The maximum atomic E-state index is 9.28. The van der Waals surface area contributed by atoms with Crippen LogP contribution < -0.4 is 0 Å². The fraction of sp³-hybridized carbons (Fsp3) is 1.00. The summed E-state index contributed by atoms with van der Waals surface area (Å²) < 4.78 is 0. The van der Waals surface area contributed by atoms with Gasteiger partial charge in [0.05, 0.1) is 0 Å². The van der Waals surface area contributed by atoms with Gasteiger partial charge in [-0.2, -0.15) is 0 Å². The second-order valence-electron chi connectivity index (χ2n) is 5.24. The fourth-order valence-corrected chi connectivity index (χ4v) is 1.48. The lowest BCUT2D eigenvalue weighted by Crippen LogP contribution is -2.36. The zero-order valence-corrected chi connectivity index (χ0v) is 10.5. The van der Waals surface area contributed by atoms with Crippen molar-refractivity contribution in [2.24, 2.45) is 11.3 Å². The molecule has 0 radical (unpaired) electrons. The van der Waals surface area contributed by atoms with Crippen LogP contribution in [0.1, 0.15) is 40.5 Å². The smallest absolute Gasteiger partial charge is 0.0496 e. The SMILES string of the molecule is CCC(C)(CO)CN(C)CCC(C)C. The van der Waals surface area contributed by atoms with E-state index in [0.717, 1.165) is 25.4 Å². The van der Waals surface area contributed by atoms with Crippen molar-refractivity contribution in [2.75, 3.05) is 26.7 Å². The lowest BCUT2D eigenvalue weighted by atomic mass is 9.88. The van der Waals surface area contributed by atoms with Crippen LogP contribution in [0, 0.1) is 11.3 Å². The van der Waals surface area contributed by atoms with Gasteiger partial charge in [-0.05, 0) is 32.4 Å². The molecule has 0 spiro atoms. The van der Waals surface area contributed by atoms with Crippen LogP contribution in [0.3, 0.4) is 0 Å². The zero-order valence-electron chi connectivity index (χ0n) is 10.5. The first-order valence-corrected chi connectivity index (χ1v) is 5.73. The van der Waals surface area contributed by atoms with E-state index in [2.05, 4.69) is 39.6 Å². The minimum Gasteiger partial charge on any atom is -0.396 e. The molecule has 1 unspecified atom stereocenters. The standard InChI is InChI=1S/C12H27NO/c1-6-12(4,10-14)9-13(5)8-7-11(2)3/h11,14H,6-10H2,1-5H3. The molecule has 0 aromatic heterocycles. The van der Waals surface area contributed by atoms with Crippen molar-refractivity contribution >= 4 is 0 Å². The fourth-order valence-electron chi connectivity index (χ4n) is 1.48. The number of rotatable bonds is 7. The average Bonchev–Trinajstić information content (AvgIpc) is 2.14. The molecular formula is C12H27NO. The summed E-state index contributed by atoms with van der Waals surface area (Å²) in [5.74, 6) is 0.763. The third-order valence-corrected chi connectivity index (χ3v) is 2.98. The van der Waals surface area contributed by atoms with Gasteiger partial charge in [0.25, 0.3) is 0 Å². The summed E-state index contributed by atoms with van der Waals surface area (Å²) in [6.45, 7) is 11.2. The lowest BCUT2D eigenvalue weighted by Gasteiger charge is -2.31. The van der Waals surface area contributed by atoms with Gasteiger partial charge >= 0.3 is 0 Å². The Morgan fingerprint density at radius 1 is 1.36 bits per heavy atom. The van der Waals surface area contributed by atoms with Crippen LogP contribution in [0.4, 0.5) is 0 Å². The summed E-state index contributed by atoms with van der Waals surface area (Å²) in [6.07, 6.45) is 2.28. The predicted molar refractivity (Wildman–Crippen MR) is 62.4 cm³/mol. The summed E-state index contributed by atoms with van der Waals surface area (Å²) in [5, 5.41) is 9.28. The number of nitrogens with zero attached hydrogens (tertiary/aromatic N) is 1. The molecule has 2 heteroatoms. The van der Waals surface area contributed by atoms with E-state index < -0.39 is 0 Å². The van der Waals surface area contributed by atoms with E-state index in [1.54, 1.807) is 0 Å². The Labute approximate surface area is 89.3 Å². The Hall–Kier alpha value is -0.0800. The number of hydrogen-bond donors (Lipinski definition) is 1. The first-order chi connectivity index (χ1) is 6.43. The number of aliphatic hydroxyl groups excluding tert-OH is 1. The van der Waals surface area contributed by atoms with E-state index >= 15 is 0 Å². The van der Waals surface area contributed by atoms with Crippen molar-refractivity contribution < 1.29 is 5.11 Å². The Balaban J connectivity index is 3.85. The van der Waals surface area contributed by atoms with Gasteiger partial charge in [0.2, 0.25) is 0 Å². The van der Waals surface area contributed by atoms with Gasteiger partial charge in [0, 0.05) is 18.6 Å². The zero-order chi connectivity index (χ0) is 11.2. The second kappa shape index (κ2) is 6.41. The van der Waals surface area contributed by atoms with Crippen LogP contribution in [0.15, 0.2) is 0 Å². The van der Waals surface area contributed by atoms with E-state index in [4.69, 9.17) is 0 Å². The molecule has 0 aromatic rings. The number of aliphatic hydroxyl groups is 1. The second-order valence-corrected chi connectivity index (χ2v) is 5.24. The van der Waals surface area contributed by atoms with E-state index in [9.17, 15) is 5.11 Å². The van der Waals surface area contributed by atoms with Gasteiger partial charge in [0.1, 0.15) is 0 Å². The Kier molecular flexibility index (Phi) is 6.38. The van der Waals surface area contributed by atoms with E-state index in [1.807, 2.05) is 0 Å². The Morgan fingerprint density at radius 2 is 1.93 bits per heavy atom. The first kappa shape index (κ1) is 13.9. The van der Waals surface area contributed by atoms with Gasteiger partial charge in [0.15, 0.2) is 0 Å². The quantitative estimate of drug-likeness (QED) is 0.683. The van der Waals surface area contributed by atoms with Crippen LogP contribution in [0.25, 0.3) is 0 Å². The summed E-state index contributed by atoms with van der Waals surface area (Å²) in [7, 11) is 2.14. The van der Waals surface area contributed by atoms with Crippen molar-refractivity contribution in [3.63, 3.8) is 0 Å². The maximum Gasteiger partial charge on any atom is 0.0496 e. The molecule has 14 heavy (non-hydrogen) atoms. The highest BCUT2D eigenvalue weighted by molar-refractivity contribution is 4.75. The summed E-state index contributed by atoms with van der Waals surface area (Å²) in [6, 6.07) is 0. The molecule has 86 valence electrons. The van der Waals surface area contributed by atoms with Gasteiger partial charge in [-0.15, -0.1) is 0 Å². The van der Waals surface area contributed by atoms with Gasteiger partial charge in [-0.3, -0.25) is 0 Å². The molecule has 0 saturated carbocycles. The molecule has 0 fully saturated rings. The molecule has 2 nitrogen and oxygen atoms in total. The summed E-state index contributed by atoms with van der Waals surface area (Å²) in [5.41, 5.74) is 0.0751. The summed E-state index contributed by atoms with van der Waals surface area (Å²) >= 11 is 0. The van der Waals surface area contributed by atoms with E-state index in [-0.39, 0.29) is 12.0 Å². The minimum absolute atomic E-state index is 0.0751. The minimum atomic E-state index is 0.0751. The third kappa shape index (κ3) is 5.61. The molecule has 0 aliphatic rings. The third-order valence-electron chi connectivity index (χ3n) is 2.98. The topological polar surface area (TPSA) is 23.5 Å². The van der Waals surface area contributed by atoms with Crippen molar-refractivity contribution in [3.05, 3.63) is 0 Å². The van der Waals surface area contributed by atoms with Crippen LogP contribution in [-0.2, 0) is 0 Å². The molecule has 0 bridgehead atoms. The summed E-state index contributed by atoms with van der Waals surface area (Å²) in [4.78, 5) is 2.33. The normalized spacial score (nSPS) is 16.3. The van der Waals surface area contributed by atoms with Crippen LogP contribution in [0.2, 0.25) is 0 Å². The maximum absolute atomic E-state index is 9.28. The monoisotopic (exact) mass is 201 g/mol. The number of hydrogen-bond acceptors (Lipinski definition) is 2. The molecule has 0 amide bonds. The van der Waals surface area contributed by atoms with Gasteiger partial charge in [-0.25, -0.2) is 0 Å². The van der Waals surface area contributed by atoms with Gasteiger partial charge in [-0.1, -0.05) is 27.7 Å². The molecule has 0 aliphatic heterocycles. The van der Waals surface area contributed by atoms with Crippen molar-refractivity contribution in [2.45, 2.75) is 40.5 Å². The lowest BCUT2D eigenvalue weighted by molar-refractivity contribution is 0.0938. The highest BCUT2D eigenvalue weighted by Gasteiger charge is 2.22. The van der Waals surface area contributed by atoms with Gasteiger partial charge < -0.3 is 10.0 Å². The molecule has 0 rings (SSSR count). The highest BCUT2D eigenvalue weighted by Crippen LogP contribution is 2.21. The molecular weight excluding hydrogens is 174 g/mol. The van der Waals surface area contributed by atoms with Crippen molar-refractivity contribution in [1.82, 2.24) is 4.90 Å². The predicted octanol–water partition coefficient (Wildman–Crippen LogP) is 2.37. The Bertz CT molecular complexity index is 141. The molecule has 0 aliphatic carbocycles. The first-order valence-electron chi connectivity index (χ1n) is 5.73. The largest absolute Gasteiger partial charge is 0.396 e. The molecule has 1 atom stereocenters. The average molecular weight is 201 g/mol. The molecule has 0 aromatic carbocycles. The van der Waals surface area contributed by atoms with Crippen molar-refractivity contribution in [1.29, 1.82) is 0 Å². The molecule has 0 heterocycles. The van der Waals surface area contributed by atoms with Crippen LogP contribution in [0.5, 0.6) is 0 Å². The Morgan fingerprint density at radius 3 is 2.29 bits per heavy atom. The van der Waals surface area contributed by atoms with Crippen LogP contribution in [-0.4, -0.2) is 36.8 Å².